The molecule has 0 spiro atoms. The van der Waals surface area contributed by atoms with Crippen molar-refractivity contribution in [1.29, 1.82) is 0 Å². The van der Waals surface area contributed by atoms with Crippen LogP contribution in [0.25, 0.3) is 11.1 Å². The number of carbonyl (C=O) groups is 2. The molecule has 1 aliphatic carbocycles. The van der Waals surface area contributed by atoms with Crippen molar-refractivity contribution < 1.29 is 24.5 Å². The van der Waals surface area contributed by atoms with Crippen molar-refractivity contribution in [3.05, 3.63) is 89.5 Å². The molecule has 0 amide bonds. The Kier molecular flexibility index (Phi) is 5.25. The van der Waals surface area contributed by atoms with E-state index in [-0.39, 0.29) is 18.3 Å². The van der Waals surface area contributed by atoms with E-state index < -0.39 is 23.9 Å². The Morgan fingerprint density at radius 3 is 1.97 bits per heavy atom. The van der Waals surface area contributed by atoms with Crippen LogP contribution in [0.1, 0.15) is 28.7 Å². The fourth-order valence-electron chi connectivity index (χ4n) is 3.98. The number of hydrogen-bond acceptors (Lipinski definition) is 5. The van der Waals surface area contributed by atoms with Gasteiger partial charge in [0.05, 0.1) is 6.04 Å². The van der Waals surface area contributed by atoms with Crippen molar-refractivity contribution in [2.24, 2.45) is 11.7 Å². The largest absolute Gasteiger partial charge is 0.508 e. The lowest BCUT2D eigenvalue weighted by Crippen LogP contribution is -2.36. The highest BCUT2D eigenvalue weighted by molar-refractivity contribution is 5.95. The summed E-state index contributed by atoms with van der Waals surface area (Å²) in [7, 11) is 0. The van der Waals surface area contributed by atoms with Crippen LogP contribution in [0.2, 0.25) is 0 Å². The van der Waals surface area contributed by atoms with E-state index >= 15 is 0 Å². The zero-order valence-electron chi connectivity index (χ0n) is 16.1. The quantitative estimate of drug-likeness (QED) is 0.430. The van der Waals surface area contributed by atoms with Crippen LogP contribution in [0.15, 0.2) is 72.8 Å². The summed E-state index contributed by atoms with van der Waals surface area (Å²) in [5.41, 5.74) is 10.8. The topological polar surface area (TPSA) is 110 Å². The minimum atomic E-state index is -1.55. The van der Waals surface area contributed by atoms with E-state index in [1.54, 1.807) is 0 Å². The molecule has 3 aromatic carbocycles. The van der Waals surface area contributed by atoms with Gasteiger partial charge in [-0.25, -0.2) is 0 Å². The minimum absolute atomic E-state index is 0.0267. The third-order valence-corrected chi connectivity index (χ3v) is 5.51. The first-order chi connectivity index (χ1) is 14.5. The van der Waals surface area contributed by atoms with Gasteiger partial charge in [0, 0.05) is 5.92 Å². The number of rotatable bonds is 6. The van der Waals surface area contributed by atoms with Crippen molar-refractivity contribution >= 4 is 11.9 Å². The number of carboxylic acids is 1. The van der Waals surface area contributed by atoms with E-state index in [9.17, 15) is 19.8 Å². The van der Waals surface area contributed by atoms with Gasteiger partial charge in [0.25, 0.3) is 0 Å². The number of carbonyl (C=O) groups excluding carboxylic acids is 1. The summed E-state index contributed by atoms with van der Waals surface area (Å²) >= 11 is 0. The number of fused-ring (bicyclic) bond motifs is 3. The van der Waals surface area contributed by atoms with Crippen molar-refractivity contribution in [3.63, 3.8) is 0 Å². The second-order valence-electron chi connectivity index (χ2n) is 7.29. The molecule has 152 valence electrons. The molecule has 0 heterocycles. The van der Waals surface area contributed by atoms with Crippen molar-refractivity contribution in [2.45, 2.75) is 12.0 Å². The summed E-state index contributed by atoms with van der Waals surface area (Å²) in [5, 5.41) is 19.0. The average molecular weight is 403 g/mol. The van der Waals surface area contributed by atoms with Gasteiger partial charge in [0.15, 0.2) is 5.92 Å². The second-order valence-corrected chi connectivity index (χ2v) is 7.29. The molecule has 0 saturated heterocycles. The summed E-state index contributed by atoms with van der Waals surface area (Å²) in [6.07, 6.45) is 0. The minimum Gasteiger partial charge on any atom is -0.508 e. The van der Waals surface area contributed by atoms with E-state index in [1.165, 1.54) is 24.3 Å². The molecule has 4 N–H and O–H groups in total. The van der Waals surface area contributed by atoms with Crippen LogP contribution >= 0.6 is 0 Å². The van der Waals surface area contributed by atoms with Crippen LogP contribution in [0.5, 0.6) is 5.75 Å². The van der Waals surface area contributed by atoms with Crippen LogP contribution in [-0.2, 0) is 14.3 Å². The van der Waals surface area contributed by atoms with E-state index in [4.69, 9.17) is 10.5 Å². The van der Waals surface area contributed by atoms with Crippen molar-refractivity contribution in [2.75, 3.05) is 6.61 Å². The Hall–Kier alpha value is -3.64. The van der Waals surface area contributed by atoms with Gasteiger partial charge < -0.3 is 20.7 Å². The molecule has 1 aliphatic rings. The molecule has 0 fully saturated rings. The van der Waals surface area contributed by atoms with Crippen molar-refractivity contribution in [1.82, 2.24) is 0 Å². The predicted octanol–water partition coefficient (Wildman–Crippen LogP) is 3.45. The Bertz CT molecular complexity index is 1050. The lowest BCUT2D eigenvalue weighted by atomic mass is 9.93. The lowest BCUT2D eigenvalue weighted by Gasteiger charge is -2.21. The maximum absolute atomic E-state index is 12.7. The lowest BCUT2D eigenvalue weighted by molar-refractivity contribution is -0.160. The van der Waals surface area contributed by atoms with Gasteiger partial charge in [-0.2, -0.15) is 0 Å². The third kappa shape index (κ3) is 3.53. The summed E-state index contributed by atoms with van der Waals surface area (Å²) in [4.78, 5) is 24.5. The molecule has 2 unspecified atom stereocenters. The zero-order valence-corrected chi connectivity index (χ0v) is 16.1. The van der Waals surface area contributed by atoms with E-state index in [1.807, 2.05) is 48.5 Å². The van der Waals surface area contributed by atoms with Gasteiger partial charge in [-0.3, -0.25) is 9.59 Å². The SMILES string of the molecule is NC(c1ccc(O)cc1)C(C(=O)O)C(=O)OCC1c2ccccc2-c2ccccc21. The van der Waals surface area contributed by atoms with Gasteiger partial charge in [0.1, 0.15) is 12.4 Å². The molecule has 0 radical (unpaired) electrons. The van der Waals surface area contributed by atoms with Crippen LogP contribution < -0.4 is 5.73 Å². The maximum Gasteiger partial charge on any atom is 0.322 e. The molecule has 30 heavy (non-hydrogen) atoms. The van der Waals surface area contributed by atoms with Gasteiger partial charge >= 0.3 is 11.9 Å². The summed E-state index contributed by atoms with van der Waals surface area (Å²) in [6.45, 7) is 0.0267. The smallest absolute Gasteiger partial charge is 0.322 e. The summed E-state index contributed by atoms with van der Waals surface area (Å²) < 4.78 is 5.48. The number of esters is 1. The Morgan fingerprint density at radius 2 is 1.43 bits per heavy atom. The molecule has 0 aliphatic heterocycles. The monoisotopic (exact) mass is 403 g/mol. The molecule has 0 aromatic heterocycles. The molecule has 4 rings (SSSR count). The number of hydrogen-bond donors (Lipinski definition) is 3. The normalized spacial score (nSPS) is 14.4. The fourth-order valence-corrected chi connectivity index (χ4v) is 3.98. The molecule has 6 heteroatoms. The highest BCUT2D eigenvalue weighted by Gasteiger charge is 2.37. The van der Waals surface area contributed by atoms with Gasteiger partial charge in [-0.05, 0) is 39.9 Å². The molecular formula is C24H21NO5. The van der Waals surface area contributed by atoms with Crippen LogP contribution in [0.4, 0.5) is 0 Å². The number of aromatic hydroxyl groups is 1. The van der Waals surface area contributed by atoms with Gasteiger partial charge in [-0.1, -0.05) is 60.7 Å². The molecule has 0 saturated carbocycles. The average Bonchev–Trinajstić information content (AvgIpc) is 3.06. The van der Waals surface area contributed by atoms with Crippen LogP contribution in [0.3, 0.4) is 0 Å². The predicted molar refractivity (Wildman–Crippen MR) is 111 cm³/mol. The number of carboxylic acid groups (broad SMARTS) is 1. The number of benzene rings is 3. The molecule has 0 bridgehead atoms. The second kappa shape index (κ2) is 8.00. The zero-order chi connectivity index (χ0) is 21.3. The van der Waals surface area contributed by atoms with Gasteiger partial charge in [0.2, 0.25) is 0 Å². The highest BCUT2D eigenvalue weighted by atomic mass is 16.5. The number of nitrogens with two attached hydrogens (primary N) is 1. The fraction of sp³-hybridized carbons (Fsp3) is 0.167. The first kappa shape index (κ1) is 19.7. The van der Waals surface area contributed by atoms with E-state index in [0.29, 0.717) is 5.56 Å². The first-order valence-electron chi connectivity index (χ1n) is 9.59. The Morgan fingerprint density at radius 1 is 0.900 bits per heavy atom. The van der Waals surface area contributed by atoms with E-state index in [0.717, 1.165) is 22.3 Å². The number of phenols is 1. The molecule has 3 aromatic rings. The van der Waals surface area contributed by atoms with Crippen LogP contribution in [-0.4, -0.2) is 28.8 Å². The van der Waals surface area contributed by atoms with Gasteiger partial charge in [-0.15, -0.1) is 0 Å². The highest BCUT2D eigenvalue weighted by Crippen LogP contribution is 2.44. The number of phenolic OH excluding ortho intramolecular Hbond substituents is 1. The molecule has 6 nitrogen and oxygen atoms in total. The van der Waals surface area contributed by atoms with Crippen molar-refractivity contribution in [3.8, 4) is 16.9 Å². The van der Waals surface area contributed by atoms with Crippen LogP contribution in [0, 0.1) is 5.92 Å². The van der Waals surface area contributed by atoms with E-state index in [2.05, 4.69) is 0 Å². The third-order valence-electron chi connectivity index (χ3n) is 5.51. The standard InChI is InChI=1S/C24H21NO5/c25-22(14-9-11-15(26)12-10-14)21(23(27)28)24(29)30-13-20-18-7-3-1-5-16(18)17-6-2-4-8-19(17)20/h1-12,20-22,26H,13,25H2,(H,27,28). The maximum atomic E-state index is 12.7. The first-order valence-corrected chi connectivity index (χ1v) is 9.59. The molecular weight excluding hydrogens is 382 g/mol. The molecule has 2 atom stereocenters. The number of ether oxygens (including phenoxy) is 1. The number of aliphatic carboxylic acids is 1. The summed E-state index contributed by atoms with van der Waals surface area (Å²) in [5.74, 6) is -3.93. The summed E-state index contributed by atoms with van der Waals surface area (Å²) in [6, 6.07) is 20.5. The Labute approximate surface area is 173 Å². The Balaban J connectivity index is 1.54.